The second-order valence-electron chi connectivity index (χ2n) is 7.84. The van der Waals surface area contributed by atoms with E-state index >= 15 is 0 Å². The first-order chi connectivity index (χ1) is 15.7. The highest BCUT2D eigenvalue weighted by molar-refractivity contribution is 6.07. The van der Waals surface area contributed by atoms with Crippen LogP contribution in [0, 0.1) is 5.92 Å². The standard InChI is InChI=1S/C26H23N3O3/c1-2-18-15-24(30)28-29-25(18)20-10-13-22-23(14-20)32-26(27-22)19-8-11-21(12-9-19)31-16-17-6-4-3-5-7-17/h3-14,18H,2,15-16H2,1H3,(H,28,30). The first-order valence-corrected chi connectivity index (χ1v) is 10.7. The van der Waals surface area contributed by atoms with E-state index in [1.165, 1.54) is 0 Å². The van der Waals surface area contributed by atoms with Gasteiger partial charge < -0.3 is 9.15 Å². The molecule has 1 amide bonds. The van der Waals surface area contributed by atoms with Crippen LogP contribution in [0.4, 0.5) is 0 Å². The van der Waals surface area contributed by atoms with Gasteiger partial charge in [0.25, 0.3) is 0 Å². The van der Waals surface area contributed by atoms with Gasteiger partial charge in [-0.25, -0.2) is 10.4 Å². The number of oxazole rings is 1. The average molecular weight is 425 g/mol. The summed E-state index contributed by atoms with van der Waals surface area (Å²) in [7, 11) is 0. The summed E-state index contributed by atoms with van der Waals surface area (Å²) in [5, 5.41) is 4.29. The van der Waals surface area contributed by atoms with E-state index in [9.17, 15) is 4.79 Å². The van der Waals surface area contributed by atoms with E-state index in [2.05, 4.69) is 22.4 Å². The molecule has 1 atom stereocenters. The van der Waals surface area contributed by atoms with Gasteiger partial charge in [0, 0.05) is 23.5 Å². The lowest BCUT2D eigenvalue weighted by Crippen LogP contribution is -2.33. The Morgan fingerprint density at radius 3 is 2.59 bits per heavy atom. The monoisotopic (exact) mass is 425 g/mol. The maximum absolute atomic E-state index is 11.7. The fraction of sp³-hybridized carbons (Fsp3) is 0.192. The van der Waals surface area contributed by atoms with Gasteiger partial charge in [0.05, 0.1) is 5.71 Å². The first-order valence-electron chi connectivity index (χ1n) is 10.7. The molecule has 0 aliphatic carbocycles. The maximum atomic E-state index is 11.7. The zero-order chi connectivity index (χ0) is 21.9. The van der Waals surface area contributed by atoms with Gasteiger partial charge in [0.2, 0.25) is 11.8 Å². The largest absolute Gasteiger partial charge is 0.489 e. The molecule has 1 aromatic heterocycles. The molecule has 0 fully saturated rings. The highest BCUT2D eigenvalue weighted by Gasteiger charge is 2.24. The van der Waals surface area contributed by atoms with Gasteiger partial charge in [-0.05, 0) is 48.4 Å². The fourth-order valence-electron chi connectivity index (χ4n) is 3.86. The van der Waals surface area contributed by atoms with E-state index in [4.69, 9.17) is 9.15 Å². The number of aromatic nitrogens is 1. The predicted molar refractivity (Wildman–Crippen MR) is 123 cm³/mol. The summed E-state index contributed by atoms with van der Waals surface area (Å²) in [5.41, 5.74) is 7.89. The second-order valence-corrected chi connectivity index (χ2v) is 7.84. The quantitative estimate of drug-likeness (QED) is 0.453. The minimum atomic E-state index is -0.0418. The number of amides is 1. The van der Waals surface area contributed by atoms with Crippen LogP contribution in [0.15, 0.2) is 82.3 Å². The number of rotatable bonds is 6. The van der Waals surface area contributed by atoms with Gasteiger partial charge >= 0.3 is 0 Å². The topological polar surface area (TPSA) is 76.7 Å². The Labute approximate surface area is 185 Å². The van der Waals surface area contributed by atoms with Gasteiger partial charge in [-0.15, -0.1) is 0 Å². The number of hydrogen-bond acceptors (Lipinski definition) is 5. The number of nitrogens with one attached hydrogen (secondary N) is 1. The molecule has 1 aliphatic rings. The third kappa shape index (κ3) is 4.12. The van der Waals surface area contributed by atoms with Crippen molar-refractivity contribution in [2.75, 3.05) is 0 Å². The molecule has 3 aromatic carbocycles. The van der Waals surface area contributed by atoms with Crippen LogP contribution in [-0.4, -0.2) is 16.6 Å². The molecule has 32 heavy (non-hydrogen) atoms. The Kier molecular flexibility index (Phi) is 5.42. The number of carbonyl (C=O) groups is 1. The third-order valence-electron chi connectivity index (χ3n) is 5.65. The Balaban J connectivity index is 1.35. The van der Waals surface area contributed by atoms with E-state index in [0.29, 0.717) is 24.5 Å². The molecule has 0 spiro atoms. The number of nitrogens with zero attached hydrogens (tertiary/aromatic N) is 2. The zero-order valence-electron chi connectivity index (χ0n) is 17.7. The van der Waals surface area contributed by atoms with Crippen LogP contribution in [0.1, 0.15) is 30.9 Å². The van der Waals surface area contributed by atoms with Crippen molar-refractivity contribution in [1.82, 2.24) is 10.4 Å². The summed E-state index contributed by atoms with van der Waals surface area (Å²) in [5.74, 6) is 1.41. The van der Waals surface area contributed by atoms with Gasteiger partial charge in [0.15, 0.2) is 5.58 Å². The molecule has 2 heterocycles. The number of hydrazone groups is 1. The summed E-state index contributed by atoms with van der Waals surface area (Å²) in [6.45, 7) is 2.59. The van der Waals surface area contributed by atoms with E-state index < -0.39 is 0 Å². The van der Waals surface area contributed by atoms with Crippen molar-refractivity contribution in [3.8, 4) is 17.2 Å². The van der Waals surface area contributed by atoms with Crippen LogP contribution >= 0.6 is 0 Å². The molecule has 160 valence electrons. The summed E-state index contributed by atoms with van der Waals surface area (Å²) >= 11 is 0. The lowest BCUT2D eigenvalue weighted by atomic mass is 9.90. The highest BCUT2D eigenvalue weighted by atomic mass is 16.5. The third-order valence-corrected chi connectivity index (χ3v) is 5.65. The number of carbonyl (C=O) groups excluding carboxylic acids is 1. The molecule has 6 heteroatoms. The van der Waals surface area contributed by atoms with Crippen molar-refractivity contribution in [1.29, 1.82) is 0 Å². The van der Waals surface area contributed by atoms with Crippen molar-refractivity contribution < 1.29 is 13.9 Å². The summed E-state index contributed by atoms with van der Waals surface area (Å²) < 4.78 is 11.9. The minimum Gasteiger partial charge on any atom is -0.489 e. The van der Waals surface area contributed by atoms with Gasteiger partial charge in [0.1, 0.15) is 17.9 Å². The molecule has 0 saturated carbocycles. The Morgan fingerprint density at radius 1 is 1.03 bits per heavy atom. The first kappa shape index (κ1) is 20.0. The van der Waals surface area contributed by atoms with Crippen LogP contribution < -0.4 is 10.2 Å². The molecule has 0 bridgehead atoms. The molecule has 4 aromatic rings. The summed E-state index contributed by atoms with van der Waals surface area (Å²) in [6, 6.07) is 23.7. The Morgan fingerprint density at radius 2 is 1.81 bits per heavy atom. The number of ether oxygens (including phenoxy) is 1. The smallest absolute Gasteiger partial charge is 0.240 e. The van der Waals surface area contributed by atoms with Crippen molar-refractivity contribution in [2.45, 2.75) is 26.4 Å². The van der Waals surface area contributed by atoms with E-state index in [0.717, 1.165) is 40.1 Å². The zero-order valence-corrected chi connectivity index (χ0v) is 17.7. The molecular weight excluding hydrogens is 402 g/mol. The van der Waals surface area contributed by atoms with Gasteiger partial charge in [-0.3, -0.25) is 4.79 Å². The van der Waals surface area contributed by atoms with E-state index in [1.807, 2.05) is 72.8 Å². The van der Waals surface area contributed by atoms with Crippen LogP contribution in [-0.2, 0) is 11.4 Å². The molecule has 1 aliphatic heterocycles. The lowest BCUT2D eigenvalue weighted by molar-refractivity contribution is -0.122. The SMILES string of the molecule is CCC1CC(=O)NN=C1c1ccc2nc(-c3ccc(OCc4ccccc4)cc3)oc2c1. The van der Waals surface area contributed by atoms with Gasteiger partial charge in [-0.2, -0.15) is 5.10 Å². The average Bonchev–Trinajstić information content (AvgIpc) is 3.27. The molecular formula is C26H23N3O3. The van der Waals surface area contributed by atoms with Crippen molar-refractivity contribution >= 4 is 22.7 Å². The van der Waals surface area contributed by atoms with Crippen LogP contribution in [0.25, 0.3) is 22.6 Å². The number of hydrogen-bond donors (Lipinski definition) is 1. The molecule has 1 unspecified atom stereocenters. The van der Waals surface area contributed by atoms with E-state index in [-0.39, 0.29) is 11.8 Å². The van der Waals surface area contributed by atoms with Crippen LogP contribution in [0.5, 0.6) is 5.75 Å². The minimum absolute atomic E-state index is 0.0418. The molecule has 6 nitrogen and oxygen atoms in total. The van der Waals surface area contributed by atoms with E-state index in [1.54, 1.807) is 0 Å². The molecule has 1 N–H and O–H groups in total. The predicted octanol–water partition coefficient (Wildman–Crippen LogP) is 5.32. The van der Waals surface area contributed by atoms with Crippen LogP contribution in [0.2, 0.25) is 0 Å². The summed E-state index contributed by atoms with van der Waals surface area (Å²) in [6.07, 6.45) is 1.30. The maximum Gasteiger partial charge on any atom is 0.240 e. The van der Waals surface area contributed by atoms with Gasteiger partial charge in [-0.1, -0.05) is 43.3 Å². The fourth-order valence-corrected chi connectivity index (χ4v) is 3.86. The van der Waals surface area contributed by atoms with Crippen molar-refractivity contribution in [3.63, 3.8) is 0 Å². The lowest BCUT2D eigenvalue weighted by Gasteiger charge is -2.21. The Bertz CT molecular complexity index is 1280. The molecule has 0 saturated heterocycles. The van der Waals surface area contributed by atoms with Crippen LogP contribution in [0.3, 0.4) is 0 Å². The second kappa shape index (κ2) is 8.67. The number of benzene rings is 3. The summed E-state index contributed by atoms with van der Waals surface area (Å²) in [4.78, 5) is 16.3. The Hall–Kier alpha value is -3.93. The highest BCUT2D eigenvalue weighted by Crippen LogP contribution is 2.28. The molecule has 5 rings (SSSR count). The van der Waals surface area contributed by atoms with Crippen molar-refractivity contribution in [3.05, 3.63) is 83.9 Å². The normalized spacial score (nSPS) is 16.0. The van der Waals surface area contributed by atoms with Crippen molar-refractivity contribution in [2.24, 2.45) is 11.0 Å². The number of fused-ring (bicyclic) bond motifs is 1. The molecule has 0 radical (unpaired) electrons.